The van der Waals surface area contributed by atoms with Crippen molar-refractivity contribution in [2.75, 3.05) is 17.2 Å². The van der Waals surface area contributed by atoms with Crippen LogP contribution in [0, 0.1) is 5.92 Å². The number of carbonyl (C=O) groups is 1. The zero-order valence-electron chi connectivity index (χ0n) is 18.0. The van der Waals surface area contributed by atoms with Crippen LogP contribution in [0.1, 0.15) is 44.0 Å². The highest BCUT2D eigenvalue weighted by molar-refractivity contribution is 6.07. The minimum atomic E-state index is -0.678. The summed E-state index contributed by atoms with van der Waals surface area (Å²) in [5, 5.41) is 4.28. The molecule has 3 rings (SSSR count). The molecule has 0 unspecified atom stereocenters. The van der Waals surface area contributed by atoms with Crippen molar-refractivity contribution in [1.29, 1.82) is 0 Å². The van der Waals surface area contributed by atoms with Gasteiger partial charge in [0.05, 0.1) is 17.4 Å². The number of nitrogens with zero attached hydrogens (tertiary/aromatic N) is 4. The predicted octanol–water partition coefficient (Wildman–Crippen LogP) is 2.41. The molecule has 9 heteroatoms. The minimum Gasteiger partial charge on any atom is -0.383 e. The SMILES string of the molecule is CCCCN(C(=O)c1cnn(-c2ccccc2)c1)c1c(N)n(CC(C)C)c(=O)[nH]c1=O. The number of anilines is 2. The topological polar surface area (TPSA) is 119 Å². The van der Waals surface area contributed by atoms with Gasteiger partial charge in [0.15, 0.2) is 5.69 Å². The predicted molar refractivity (Wildman–Crippen MR) is 121 cm³/mol. The van der Waals surface area contributed by atoms with Crippen molar-refractivity contribution in [3.8, 4) is 5.69 Å². The summed E-state index contributed by atoms with van der Waals surface area (Å²) in [5.41, 5.74) is 6.11. The molecule has 0 aliphatic rings. The number of nitrogen functional groups attached to an aromatic ring is 1. The van der Waals surface area contributed by atoms with Gasteiger partial charge in [0.2, 0.25) is 0 Å². The summed E-state index contributed by atoms with van der Waals surface area (Å²) >= 11 is 0. The zero-order valence-corrected chi connectivity index (χ0v) is 18.0. The fourth-order valence-corrected chi connectivity index (χ4v) is 3.33. The molecule has 0 saturated carbocycles. The van der Waals surface area contributed by atoms with Crippen LogP contribution in [-0.2, 0) is 6.54 Å². The second-order valence-corrected chi connectivity index (χ2v) is 7.82. The summed E-state index contributed by atoms with van der Waals surface area (Å²) in [6, 6.07) is 9.41. The molecule has 1 amide bonds. The van der Waals surface area contributed by atoms with E-state index in [2.05, 4.69) is 10.1 Å². The van der Waals surface area contributed by atoms with E-state index < -0.39 is 17.2 Å². The van der Waals surface area contributed by atoms with Gasteiger partial charge in [-0.3, -0.25) is 19.1 Å². The third-order valence-electron chi connectivity index (χ3n) is 4.86. The molecule has 2 heterocycles. The molecule has 1 aromatic carbocycles. The maximum Gasteiger partial charge on any atom is 0.330 e. The highest BCUT2D eigenvalue weighted by Gasteiger charge is 2.26. The van der Waals surface area contributed by atoms with Gasteiger partial charge in [-0.25, -0.2) is 9.48 Å². The Hall–Kier alpha value is -3.62. The number of hydrogen-bond acceptors (Lipinski definition) is 5. The lowest BCUT2D eigenvalue weighted by atomic mass is 10.2. The molecule has 0 bridgehead atoms. The molecule has 0 radical (unpaired) electrons. The van der Waals surface area contributed by atoms with E-state index in [1.165, 1.54) is 15.7 Å². The molecule has 164 valence electrons. The smallest absolute Gasteiger partial charge is 0.330 e. The van der Waals surface area contributed by atoms with Crippen LogP contribution in [0.5, 0.6) is 0 Å². The number of unbranched alkanes of at least 4 members (excludes halogenated alkanes) is 1. The molecule has 0 aliphatic heterocycles. The highest BCUT2D eigenvalue weighted by Crippen LogP contribution is 2.21. The summed E-state index contributed by atoms with van der Waals surface area (Å²) in [5.74, 6) is -0.285. The van der Waals surface area contributed by atoms with Crippen LogP contribution < -0.4 is 21.9 Å². The lowest BCUT2D eigenvalue weighted by molar-refractivity contribution is 0.0986. The number of H-pyrrole nitrogens is 1. The van der Waals surface area contributed by atoms with E-state index in [9.17, 15) is 14.4 Å². The molecule has 0 fully saturated rings. The number of nitrogens with two attached hydrogens (primary N) is 1. The minimum absolute atomic E-state index is 0.00818. The summed E-state index contributed by atoms with van der Waals surface area (Å²) in [4.78, 5) is 42.0. The number of nitrogens with one attached hydrogen (secondary N) is 1. The van der Waals surface area contributed by atoms with E-state index in [0.29, 0.717) is 25.1 Å². The molecule has 0 aliphatic carbocycles. The van der Waals surface area contributed by atoms with Crippen LogP contribution in [0.15, 0.2) is 52.3 Å². The van der Waals surface area contributed by atoms with Gasteiger partial charge in [0.1, 0.15) is 5.82 Å². The third kappa shape index (κ3) is 4.76. The third-order valence-corrected chi connectivity index (χ3v) is 4.86. The van der Waals surface area contributed by atoms with E-state index in [1.54, 1.807) is 10.9 Å². The average Bonchev–Trinajstić information content (AvgIpc) is 3.23. The van der Waals surface area contributed by atoms with Crippen molar-refractivity contribution in [1.82, 2.24) is 19.3 Å². The molecule has 0 atom stereocenters. The van der Waals surface area contributed by atoms with Gasteiger partial charge in [-0.05, 0) is 24.5 Å². The molecule has 2 aromatic heterocycles. The first-order valence-electron chi connectivity index (χ1n) is 10.4. The fourth-order valence-electron chi connectivity index (χ4n) is 3.33. The van der Waals surface area contributed by atoms with Crippen LogP contribution in [0.25, 0.3) is 5.69 Å². The number of aromatic amines is 1. The van der Waals surface area contributed by atoms with Gasteiger partial charge in [0, 0.05) is 19.3 Å². The van der Waals surface area contributed by atoms with Crippen molar-refractivity contribution < 1.29 is 4.79 Å². The van der Waals surface area contributed by atoms with Crippen molar-refractivity contribution in [3.05, 3.63) is 69.1 Å². The van der Waals surface area contributed by atoms with Gasteiger partial charge in [-0.2, -0.15) is 5.10 Å². The maximum atomic E-state index is 13.4. The lowest BCUT2D eigenvalue weighted by Gasteiger charge is -2.24. The molecule has 9 nitrogen and oxygen atoms in total. The van der Waals surface area contributed by atoms with Crippen LogP contribution in [0.4, 0.5) is 11.5 Å². The molecule has 0 spiro atoms. The van der Waals surface area contributed by atoms with Crippen LogP contribution in [0.3, 0.4) is 0 Å². The van der Waals surface area contributed by atoms with Gasteiger partial charge < -0.3 is 10.6 Å². The normalized spacial score (nSPS) is 11.1. The van der Waals surface area contributed by atoms with E-state index in [0.717, 1.165) is 12.1 Å². The van der Waals surface area contributed by atoms with Gasteiger partial charge in [-0.15, -0.1) is 0 Å². The highest BCUT2D eigenvalue weighted by atomic mass is 16.2. The first-order chi connectivity index (χ1) is 14.8. The Kier molecular flexibility index (Phi) is 6.74. The number of aromatic nitrogens is 4. The second-order valence-electron chi connectivity index (χ2n) is 7.82. The Morgan fingerprint density at radius 3 is 2.58 bits per heavy atom. The number of rotatable bonds is 8. The van der Waals surface area contributed by atoms with Crippen molar-refractivity contribution in [3.63, 3.8) is 0 Å². The number of hydrogen-bond donors (Lipinski definition) is 2. The van der Waals surface area contributed by atoms with Crippen molar-refractivity contribution >= 4 is 17.4 Å². The second kappa shape index (κ2) is 9.46. The largest absolute Gasteiger partial charge is 0.383 e. The summed E-state index contributed by atoms with van der Waals surface area (Å²) in [6.45, 7) is 6.49. The van der Waals surface area contributed by atoms with Gasteiger partial charge in [0.25, 0.3) is 11.5 Å². The first-order valence-corrected chi connectivity index (χ1v) is 10.4. The Bertz CT molecular complexity index is 1160. The lowest BCUT2D eigenvalue weighted by Crippen LogP contribution is -2.42. The van der Waals surface area contributed by atoms with Gasteiger partial charge >= 0.3 is 5.69 Å². The van der Waals surface area contributed by atoms with Crippen molar-refractivity contribution in [2.24, 2.45) is 5.92 Å². The van der Waals surface area contributed by atoms with E-state index >= 15 is 0 Å². The number of benzene rings is 1. The van der Waals surface area contributed by atoms with E-state index in [-0.39, 0.29) is 17.4 Å². The Balaban J connectivity index is 2.05. The van der Waals surface area contributed by atoms with E-state index in [1.807, 2.05) is 51.1 Å². The Morgan fingerprint density at radius 2 is 1.94 bits per heavy atom. The molecular weight excluding hydrogens is 396 g/mol. The van der Waals surface area contributed by atoms with Crippen LogP contribution in [0.2, 0.25) is 0 Å². The van der Waals surface area contributed by atoms with E-state index in [4.69, 9.17) is 5.73 Å². The Labute approximate surface area is 180 Å². The molecule has 3 N–H and O–H groups in total. The maximum absolute atomic E-state index is 13.4. The standard InChI is InChI=1S/C22H28N6O3/c1-4-5-11-26(18-19(23)27(13-15(2)3)22(31)25-20(18)29)21(30)16-12-24-28(14-16)17-9-7-6-8-10-17/h6-10,12,14-15H,4-5,11,13,23H2,1-3H3,(H,25,29,31). The quantitative estimate of drug-likeness (QED) is 0.575. The number of para-hydroxylation sites is 1. The summed E-state index contributed by atoms with van der Waals surface area (Å²) < 4.78 is 2.90. The zero-order chi connectivity index (χ0) is 22.5. The fraction of sp³-hybridized carbons (Fsp3) is 0.364. The van der Waals surface area contributed by atoms with Crippen LogP contribution >= 0.6 is 0 Å². The summed E-state index contributed by atoms with van der Waals surface area (Å²) in [7, 11) is 0. The monoisotopic (exact) mass is 424 g/mol. The summed E-state index contributed by atoms with van der Waals surface area (Å²) in [6.07, 6.45) is 4.56. The molecule has 3 aromatic rings. The molecule has 31 heavy (non-hydrogen) atoms. The number of carbonyl (C=O) groups excluding carboxylic acids is 1. The number of amides is 1. The first kappa shape index (κ1) is 22.1. The van der Waals surface area contributed by atoms with Crippen LogP contribution in [-0.4, -0.2) is 31.8 Å². The molecular formula is C22H28N6O3. The Morgan fingerprint density at radius 1 is 1.23 bits per heavy atom. The van der Waals surface area contributed by atoms with Crippen molar-refractivity contribution in [2.45, 2.75) is 40.2 Å². The average molecular weight is 425 g/mol. The molecule has 0 saturated heterocycles. The van der Waals surface area contributed by atoms with Gasteiger partial charge in [-0.1, -0.05) is 45.4 Å².